The quantitative estimate of drug-likeness (QED) is 0.458. The van der Waals surface area contributed by atoms with E-state index in [9.17, 15) is 14.4 Å². The van der Waals surface area contributed by atoms with E-state index >= 15 is 0 Å². The Bertz CT molecular complexity index is 1410. The van der Waals surface area contributed by atoms with E-state index in [0.29, 0.717) is 22.5 Å². The van der Waals surface area contributed by atoms with Gasteiger partial charge in [-0.05, 0) is 46.7 Å². The van der Waals surface area contributed by atoms with E-state index in [4.69, 9.17) is 10.5 Å². The zero-order valence-electron chi connectivity index (χ0n) is 17.8. The van der Waals surface area contributed by atoms with E-state index in [-0.39, 0.29) is 11.4 Å². The molecule has 0 atom stereocenters. The second kappa shape index (κ2) is 8.83. The van der Waals surface area contributed by atoms with Gasteiger partial charge in [-0.1, -0.05) is 36.8 Å². The summed E-state index contributed by atoms with van der Waals surface area (Å²) in [4.78, 5) is 39.6. The van der Waals surface area contributed by atoms with Crippen molar-refractivity contribution in [3.05, 3.63) is 82.2 Å². The molecule has 2 heterocycles. The monoisotopic (exact) mass is 445 g/mol. The number of aryl methyl sites for hydroxylation is 2. The number of carbonyl (C=O) groups excluding carboxylic acids is 2. The predicted molar refractivity (Wildman–Crippen MR) is 117 cm³/mol. The van der Waals surface area contributed by atoms with Crippen LogP contribution in [0.1, 0.15) is 28.7 Å². The Morgan fingerprint density at radius 3 is 2.48 bits per heavy atom. The number of aromatic nitrogens is 6. The summed E-state index contributed by atoms with van der Waals surface area (Å²) in [5.41, 5.74) is 7.61. The van der Waals surface area contributed by atoms with Gasteiger partial charge in [-0.25, -0.2) is 19.0 Å². The number of benzene rings is 2. The lowest BCUT2D eigenvalue weighted by Crippen LogP contribution is -2.33. The molecule has 4 aromatic rings. The summed E-state index contributed by atoms with van der Waals surface area (Å²) in [6.45, 7) is 3.90. The number of tetrazole rings is 1. The molecule has 0 aliphatic carbocycles. The highest BCUT2D eigenvalue weighted by Gasteiger charge is 2.17. The molecule has 2 aromatic heterocycles. The Hall–Kier alpha value is -4.67. The molecule has 11 heteroatoms. The van der Waals surface area contributed by atoms with E-state index in [0.717, 1.165) is 22.9 Å². The van der Waals surface area contributed by atoms with Crippen molar-refractivity contribution in [1.29, 1.82) is 0 Å². The molecule has 0 fully saturated rings. The van der Waals surface area contributed by atoms with Gasteiger partial charge in [-0.3, -0.25) is 0 Å². The SMILES string of the molecule is CCc1nnnn1-c1cc(C(=O)Oc2ccn(C(N)=O)c(=O)n2)cc(-c2ccc(C)cc2)c1. The predicted octanol–water partition coefficient (Wildman–Crippen LogP) is 1.90. The van der Waals surface area contributed by atoms with Crippen LogP contribution in [-0.4, -0.2) is 41.8 Å². The normalized spacial score (nSPS) is 10.7. The topological polar surface area (TPSA) is 148 Å². The van der Waals surface area contributed by atoms with Crippen LogP contribution in [-0.2, 0) is 6.42 Å². The fourth-order valence-electron chi connectivity index (χ4n) is 3.16. The van der Waals surface area contributed by atoms with Gasteiger partial charge >= 0.3 is 17.7 Å². The average molecular weight is 445 g/mol. The van der Waals surface area contributed by atoms with E-state index in [2.05, 4.69) is 20.5 Å². The van der Waals surface area contributed by atoms with E-state index in [1.807, 2.05) is 44.2 Å². The van der Waals surface area contributed by atoms with Crippen LogP contribution in [0.25, 0.3) is 16.8 Å². The fraction of sp³-hybridized carbons (Fsp3) is 0.136. The summed E-state index contributed by atoms with van der Waals surface area (Å²) in [5, 5.41) is 11.8. The van der Waals surface area contributed by atoms with Crippen molar-refractivity contribution in [1.82, 2.24) is 29.8 Å². The number of hydrogen-bond donors (Lipinski definition) is 1. The number of nitrogens with zero attached hydrogens (tertiary/aromatic N) is 6. The zero-order valence-corrected chi connectivity index (χ0v) is 17.8. The molecule has 0 radical (unpaired) electrons. The molecule has 33 heavy (non-hydrogen) atoms. The van der Waals surface area contributed by atoms with Crippen LogP contribution in [0.2, 0.25) is 0 Å². The highest BCUT2D eigenvalue weighted by molar-refractivity contribution is 5.93. The second-order valence-corrected chi connectivity index (χ2v) is 7.14. The molecule has 0 bridgehead atoms. The largest absolute Gasteiger partial charge is 0.404 e. The molecular formula is C22H19N7O4. The van der Waals surface area contributed by atoms with Crippen molar-refractivity contribution in [2.45, 2.75) is 20.3 Å². The van der Waals surface area contributed by atoms with Crippen molar-refractivity contribution in [3.63, 3.8) is 0 Å². The average Bonchev–Trinajstić information content (AvgIpc) is 3.28. The van der Waals surface area contributed by atoms with Gasteiger partial charge in [0.2, 0.25) is 5.88 Å². The lowest BCUT2D eigenvalue weighted by molar-refractivity contribution is 0.0726. The lowest BCUT2D eigenvalue weighted by atomic mass is 10.0. The number of rotatable bonds is 5. The highest BCUT2D eigenvalue weighted by Crippen LogP contribution is 2.25. The molecule has 11 nitrogen and oxygen atoms in total. The van der Waals surface area contributed by atoms with E-state index in [1.165, 1.54) is 6.07 Å². The van der Waals surface area contributed by atoms with Crippen LogP contribution < -0.4 is 16.2 Å². The number of carbonyl (C=O) groups is 2. The maximum atomic E-state index is 12.9. The first-order valence-electron chi connectivity index (χ1n) is 9.97. The number of amides is 1. The maximum absolute atomic E-state index is 12.9. The first-order chi connectivity index (χ1) is 15.9. The summed E-state index contributed by atoms with van der Waals surface area (Å²) >= 11 is 0. The minimum absolute atomic E-state index is 0.196. The van der Waals surface area contributed by atoms with Crippen LogP contribution >= 0.6 is 0 Å². The minimum Gasteiger partial charge on any atom is -0.404 e. The molecule has 166 valence electrons. The van der Waals surface area contributed by atoms with Gasteiger partial charge < -0.3 is 10.5 Å². The van der Waals surface area contributed by atoms with E-state index < -0.39 is 17.7 Å². The fourth-order valence-corrected chi connectivity index (χ4v) is 3.16. The van der Waals surface area contributed by atoms with Crippen LogP contribution in [0.3, 0.4) is 0 Å². The Morgan fingerprint density at radius 1 is 1.06 bits per heavy atom. The van der Waals surface area contributed by atoms with Gasteiger partial charge in [0.1, 0.15) is 0 Å². The van der Waals surface area contributed by atoms with Gasteiger partial charge in [0.25, 0.3) is 0 Å². The number of primary amides is 1. The summed E-state index contributed by atoms with van der Waals surface area (Å²) in [6.07, 6.45) is 1.67. The summed E-state index contributed by atoms with van der Waals surface area (Å²) in [5.74, 6) is -0.395. The third-order valence-electron chi connectivity index (χ3n) is 4.85. The van der Waals surface area contributed by atoms with Gasteiger partial charge in [-0.15, -0.1) is 5.10 Å². The number of esters is 1. The lowest BCUT2D eigenvalue weighted by Gasteiger charge is -2.11. The Labute approximate surface area is 187 Å². The summed E-state index contributed by atoms with van der Waals surface area (Å²) < 4.78 is 7.42. The Balaban J connectivity index is 1.75. The third kappa shape index (κ3) is 4.51. The maximum Gasteiger partial charge on any atom is 0.359 e. The van der Waals surface area contributed by atoms with Gasteiger partial charge in [0.15, 0.2) is 5.82 Å². The van der Waals surface area contributed by atoms with Gasteiger partial charge in [-0.2, -0.15) is 9.67 Å². The Kier molecular flexibility index (Phi) is 5.77. The molecule has 0 spiro atoms. The molecule has 2 aromatic carbocycles. The van der Waals surface area contributed by atoms with Gasteiger partial charge in [0, 0.05) is 18.7 Å². The third-order valence-corrected chi connectivity index (χ3v) is 4.85. The Morgan fingerprint density at radius 2 is 1.82 bits per heavy atom. The first-order valence-corrected chi connectivity index (χ1v) is 9.97. The summed E-state index contributed by atoms with van der Waals surface area (Å²) in [6, 6.07) is 13.1. The zero-order chi connectivity index (χ0) is 23.5. The smallest absolute Gasteiger partial charge is 0.359 e. The van der Waals surface area contributed by atoms with Crippen molar-refractivity contribution in [3.8, 4) is 22.7 Å². The molecule has 1 amide bonds. The van der Waals surface area contributed by atoms with Crippen molar-refractivity contribution in [2.75, 3.05) is 0 Å². The number of nitrogens with two attached hydrogens (primary N) is 1. The molecule has 4 rings (SSSR count). The number of ether oxygens (including phenoxy) is 1. The molecule has 0 unspecified atom stereocenters. The minimum atomic E-state index is -0.992. The van der Waals surface area contributed by atoms with Crippen LogP contribution in [0.5, 0.6) is 5.88 Å². The van der Waals surface area contributed by atoms with Crippen molar-refractivity contribution in [2.24, 2.45) is 5.73 Å². The van der Waals surface area contributed by atoms with Gasteiger partial charge in [0.05, 0.1) is 11.3 Å². The molecule has 0 saturated heterocycles. The highest BCUT2D eigenvalue weighted by atomic mass is 16.5. The first kappa shape index (κ1) is 21.6. The molecule has 0 aliphatic rings. The van der Waals surface area contributed by atoms with Crippen molar-refractivity contribution < 1.29 is 14.3 Å². The molecule has 0 aliphatic heterocycles. The van der Waals surface area contributed by atoms with Crippen LogP contribution in [0.15, 0.2) is 59.5 Å². The van der Waals surface area contributed by atoms with Crippen LogP contribution in [0.4, 0.5) is 4.79 Å². The second-order valence-electron chi connectivity index (χ2n) is 7.14. The summed E-state index contributed by atoms with van der Waals surface area (Å²) in [7, 11) is 0. The van der Waals surface area contributed by atoms with E-state index in [1.54, 1.807) is 16.8 Å². The van der Waals surface area contributed by atoms with Crippen molar-refractivity contribution >= 4 is 12.0 Å². The van der Waals surface area contributed by atoms with Crippen LogP contribution in [0, 0.1) is 6.92 Å². The standard InChI is InChI=1S/C22H19N7O4/c1-3-18-25-26-27-29(18)17-11-15(14-6-4-13(2)5-7-14)10-16(12-17)20(30)33-19-8-9-28(21(23)31)22(32)24-19/h4-12H,3H2,1-2H3,(H2,23,31). The number of hydrogen-bond acceptors (Lipinski definition) is 8. The molecule has 0 saturated carbocycles. The molecule has 2 N–H and O–H groups in total. The molecular weight excluding hydrogens is 426 g/mol.